The Kier molecular flexibility index (Phi) is 22.1. The Bertz CT molecular complexity index is 2980. The molecular weight excluding hydrogens is 1240 g/mol. The number of rotatable bonds is 10. The third-order valence-corrected chi connectivity index (χ3v) is 13.3. The summed E-state index contributed by atoms with van der Waals surface area (Å²) in [5.74, 6) is -6.14. The number of alkyl halides is 9. The van der Waals surface area contributed by atoms with Crippen LogP contribution in [0.4, 0.5) is 45.2 Å². The molecule has 3 aliphatic heterocycles. The number of fused-ring (bicyclic) bond motifs is 2. The van der Waals surface area contributed by atoms with Gasteiger partial charge in [-0.15, -0.1) is 34.0 Å². The van der Waals surface area contributed by atoms with E-state index in [1.54, 1.807) is 16.1 Å². The number of aliphatic hydroxyl groups excluding tert-OH is 3. The van der Waals surface area contributed by atoms with Crippen LogP contribution in [-0.2, 0) is 0 Å². The fraction of sp³-hybridized carbons (Fsp3) is 0.176. The molecule has 3 aromatic heterocycles. The predicted octanol–water partition coefficient (Wildman–Crippen LogP) is 10.9. The second-order valence-electron chi connectivity index (χ2n) is 15.8. The average Bonchev–Trinajstić information content (AvgIpc) is 4.27. The normalized spacial score (nSPS) is 17.4. The molecule has 2 unspecified atom stereocenters. The first-order chi connectivity index (χ1) is 36.5. The number of aliphatic hydroxyl groups is 3. The van der Waals surface area contributed by atoms with Gasteiger partial charge >= 0.3 is 30.4 Å². The number of guanidine groups is 2. The molecule has 0 saturated heterocycles. The van der Waals surface area contributed by atoms with E-state index < -0.39 is 53.2 Å². The number of hydrazine groups is 2. The number of hydrogen-bond acceptors (Lipinski definition) is 16. The van der Waals surface area contributed by atoms with Gasteiger partial charge in [0.1, 0.15) is 12.1 Å². The number of thiophene rings is 3. The van der Waals surface area contributed by atoms with Crippen LogP contribution in [-0.4, -0.2) is 104 Å². The summed E-state index contributed by atoms with van der Waals surface area (Å²) in [5, 5.41) is 37.6. The SMILES string of the molecule is CCN(CC)c1ccc(C2=[N+]=C(N3NC=C4C=CC=CC43)N=C(N3NC=C4C=CC=CC43)N2)cc1.O=C(/C=C(\O)C(F)(F)F)c1cccs1.O=C(/C=C(\O)C(F)(F)F)c1cccs1.O=C(/C=C(\O)C(F)(F)F)c1cccs1.[Eu]. The van der Waals surface area contributed by atoms with E-state index in [4.69, 9.17) is 25.0 Å². The van der Waals surface area contributed by atoms with Crippen LogP contribution in [0.2, 0.25) is 0 Å². The number of anilines is 1. The van der Waals surface area contributed by atoms with Gasteiger partial charge in [-0.25, -0.2) is 15.0 Å². The minimum Gasteiger partial charge on any atom is -0.504 e. The number of aliphatic imine (C=N–C) groups is 1. The third kappa shape index (κ3) is 16.9. The molecule has 27 heteroatoms. The number of nitrogens with zero attached hydrogens (tertiary/aromatic N) is 5. The Balaban J connectivity index is 0.000000217. The molecule has 6 N–H and O–H groups in total. The van der Waals surface area contributed by atoms with Gasteiger partial charge < -0.3 is 25.6 Å². The number of ketones is 3. The largest absolute Gasteiger partial charge is 0.504 e. The average molecular weight is 1280 g/mol. The fourth-order valence-corrected chi connectivity index (χ4v) is 8.81. The van der Waals surface area contributed by atoms with Gasteiger partial charge in [0.15, 0.2) is 17.3 Å². The first kappa shape index (κ1) is 62.1. The first-order valence-corrected chi connectivity index (χ1v) is 25.2. The van der Waals surface area contributed by atoms with Crippen LogP contribution >= 0.6 is 34.0 Å². The molecule has 1 radical (unpaired) electrons. The zero-order chi connectivity index (χ0) is 56.1. The summed E-state index contributed by atoms with van der Waals surface area (Å²) < 4.78 is 111. The van der Waals surface area contributed by atoms with E-state index in [9.17, 15) is 53.9 Å². The summed E-state index contributed by atoms with van der Waals surface area (Å²) in [6, 6.07) is 17.4. The maximum absolute atomic E-state index is 11.8. The van der Waals surface area contributed by atoms with Crippen molar-refractivity contribution in [1.82, 2.24) is 30.9 Å². The molecule has 5 aliphatic rings. The summed E-state index contributed by atoms with van der Waals surface area (Å²) in [7, 11) is 0. The molecule has 411 valence electrons. The first-order valence-electron chi connectivity index (χ1n) is 22.5. The molecule has 1 aromatic carbocycles. The molecule has 2 atom stereocenters. The van der Waals surface area contributed by atoms with Crippen molar-refractivity contribution in [3.05, 3.63) is 205 Å². The molecule has 2 aliphatic carbocycles. The van der Waals surface area contributed by atoms with Gasteiger partial charge in [-0.05, 0) is 89.1 Å². The number of carbonyl (C=O) groups excluding carboxylic acids is 3. The molecule has 0 saturated carbocycles. The van der Waals surface area contributed by atoms with Crippen LogP contribution in [0.15, 0.2) is 189 Å². The summed E-state index contributed by atoms with van der Waals surface area (Å²) >= 11 is 3.03. The van der Waals surface area contributed by atoms with E-state index in [2.05, 4.69) is 102 Å². The standard InChI is InChI=1S/C27H28N8.3C8H5F3O2S.Eu/c1-3-33(4-2)22-15-13-19(14-16-22)25-30-26(34-23-11-7-5-9-20(23)17-28-34)32-27(31-25)35-24-12-8-6-10-21(24)18-29-35;3*9-8(10,11)7(13)4-5(12)6-2-1-3-14-6;/h5-18,23-24,28-29H,3-4H2,1-2H3;3*1-4,13H;/p+1/b;3*7-4-;. The number of amidine groups is 1. The molecule has 78 heavy (non-hydrogen) atoms. The van der Waals surface area contributed by atoms with E-state index in [1.807, 2.05) is 28.5 Å². The van der Waals surface area contributed by atoms with Crippen molar-refractivity contribution in [2.24, 2.45) is 4.99 Å². The zero-order valence-electron chi connectivity index (χ0n) is 40.4. The van der Waals surface area contributed by atoms with Crippen molar-refractivity contribution in [2.45, 2.75) is 44.5 Å². The van der Waals surface area contributed by atoms with Gasteiger partial charge in [-0.3, -0.25) is 19.8 Å². The van der Waals surface area contributed by atoms with Crippen molar-refractivity contribution in [3.8, 4) is 0 Å². The summed E-state index contributed by atoms with van der Waals surface area (Å²) in [6.07, 6.45) is 6.68. The van der Waals surface area contributed by atoms with E-state index in [-0.39, 0.29) is 94.3 Å². The Morgan fingerprint density at radius 3 is 1.40 bits per heavy atom. The predicted molar refractivity (Wildman–Crippen MR) is 278 cm³/mol. The number of nitrogens with one attached hydrogen (secondary N) is 3. The van der Waals surface area contributed by atoms with Crippen LogP contribution in [0, 0.1) is 49.4 Å². The van der Waals surface area contributed by atoms with Gasteiger partial charge in [-0.2, -0.15) is 44.5 Å². The van der Waals surface area contributed by atoms with Crippen LogP contribution in [0.3, 0.4) is 0 Å². The monoisotopic (exact) mass is 1280 g/mol. The van der Waals surface area contributed by atoms with Gasteiger partial charge in [0.2, 0.25) is 17.3 Å². The Morgan fingerprint density at radius 2 is 1.03 bits per heavy atom. The molecule has 0 spiro atoms. The third-order valence-electron chi connectivity index (χ3n) is 10.7. The maximum atomic E-state index is 11.8. The number of carbonyl (C=O) groups is 3. The van der Waals surface area contributed by atoms with Crippen molar-refractivity contribution in [1.29, 1.82) is 0 Å². The van der Waals surface area contributed by atoms with E-state index in [0.717, 1.165) is 58.5 Å². The second kappa shape index (κ2) is 27.7. The molecule has 0 amide bonds. The molecule has 14 nitrogen and oxygen atoms in total. The van der Waals surface area contributed by atoms with Crippen LogP contribution in [0.5, 0.6) is 0 Å². The smallest absolute Gasteiger partial charge is 0.461 e. The quantitative estimate of drug-likeness (QED) is 0.0291. The molecule has 6 heterocycles. The van der Waals surface area contributed by atoms with Crippen LogP contribution < -0.4 is 25.7 Å². The number of allylic oxidation sites excluding steroid dienone is 10. The second-order valence-corrected chi connectivity index (χ2v) is 18.7. The van der Waals surface area contributed by atoms with Crippen molar-refractivity contribution < 1.29 is 119 Å². The number of benzene rings is 1. The maximum Gasteiger partial charge on any atom is 0.461 e. The minimum atomic E-state index is -4.87. The summed E-state index contributed by atoms with van der Waals surface area (Å²) in [5.41, 5.74) is 11.3. The minimum absolute atomic E-state index is 0. The molecule has 4 aromatic rings. The molecule has 0 fully saturated rings. The van der Waals surface area contributed by atoms with Crippen LogP contribution in [0.1, 0.15) is 48.4 Å². The fourth-order valence-electron chi connectivity index (χ4n) is 6.90. The van der Waals surface area contributed by atoms with Gasteiger partial charge in [0.05, 0.1) is 20.2 Å². The Labute approximate surface area is 492 Å². The van der Waals surface area contributed by atoms with Gasteiger partial charge in [-0.1, -0.05) is 60.7 Å². The topological polar surface area (TPSA) is 184 Å². The Morgan fingerprint density at radius 1 is 0.628 bits per heavy atom. The zero-order valence-corrected chi connectivity index (χ0v) is 45.3. The van der Waals surface area contributed by atoms with Crippen molar-refractivity contribution in [2.75, 3.05) is 18.0 Å². The van der Waals surface area contributed by atoms with Crippen LogP contribution in [0.25, 0.3) is 0 Å². The van der Waals surface area contributed by atoms with Crippen molar-refractivity contribution in [3.63, 3.8) is 0 Å². The molecule has 0 bridgehead atoms. The summed E-state index contributed by atoms with van der Waals surface area (Å²) in [4.78, 5) is 40.9. The van der Waals surface area contributed by atoms with Gasteiger partial charge in [0, 0.05) is 104 Å². The van der Waals surface area contributed by atoms with E-state index >= 15 is 0 Å². The molecular formula is C51H44EuF9N8O6S3+. The van der Waals surface area contributed by atoms with E-state index in [1.165, 1.54) is 53.2 Å². The Hall–Kier alpha value is -6.74. The van der Waals surface area contributed by atoms with Crippen molar-refractivity contribution >= 4 is 74.8 Å². The van der Waals surface area contributed by atoms with Gasteiger partial charge in [0.25, 0.3) is 5.84 Å². The number of hydrogen-bond donors (Lipinski definition) is 6. The number of halogens is 9. The molecule has 9 rings (SSSR count). The summed E-state index contributed by atoms with van der Waals surface area (Å²) in [6.45, 7) is 6.30. The van der Waals surface area contributed by atoms with E-state index in [0.29, 0.717) is 11.9 Å².